The predicted octanol–water partition coefficient (Wildman–Crippen LogP) is 0.411. The van der Waals surface area contributed by atoms with E-state index in [1.54, 1.807) is 0 Å². The molecule has 18 heavy (non-hydrogen) atoms. The Morgan fingerprint density at radius 2 is 1.17 bits per heavy atom. The first kappa shape index (κ1) is 15.9. The Bertz CT molecular complexity index is 167. The molecule has 1 saturated carbocycles. The summed E-state index contributed by atoms with van der Waals surface area (Å²) in [5.74, 6) is 1.83. The van der Waals surface area contributed by atoms with Crippen LogP contribution in [0, 0.1) is 11.8 Å². The zero-order valence-electron chi connectivity index (χ0n) is 12.2. The Morgan fingerprint density at radius 3 is 1.50 bits per heavy atom. The van der Waals surface area contributed by atoms with Crippen LogP contribution in [-0.4, -0.2) is 53.4 Å². The predicted molar refractivity (Wildman–Crippen MR) is 79.0 cm³/mol. The average molecular weight is 256 g/mol. The van der Waals surface area contributed by atoms with Crippen LogP contribution < -0.4 is 21.3 Å². The lowest BCUT2D eigenvalue weighted by atomic mass is 9.73. The van der Waals surface area contributed by atoms with Crippen LogP contribution in [0.4, 0.5) is 0 Å². The highest BCUT2D eigenvalue weighted by Gasteiger charge is 2.29. The smallest absolute Gasteiger partial charge is 0.00174 e. The van der Waals surface area contributed by atoms with Crippen LogP contribution in [0.2, 0.25) is 0 Å². The van der Waals surface area contributed by atoms with Gasteiger partial charge in [-0.2, -0.15) is 0 Å². The average Bonchev–Trinajstić information content (AvgIpc) is 2.36. The molecular formula is C14H32N4. The maximum atomic E-state index is 3.59. The first-order chi connectivity index (χ1) is 8.88. The van der Waals surface area contributed by atoms with Crippen LogP contribution >= 0.6 is 0 Å². The van der Waals surface area contributed by atoms with Gasteiger partial charge in [-0.15, -0.1) is 0 Å². The van der Waals surface area contributed by atoms with Gasteiger partial charge in [-0.1, -0.05) is 0 Å². The van der Waals surface area contributed by atoms with Crippen molar-refractivity contribution in [3.63, 3.8) is 0 Å². The first-order valence-electron chi connectivity index (χ1n) is 7.59. The minimum Gasteiger partial charge on any atom is -0.320 e. The van der Waals surface area contributed by atoms with E-state index in [-0.39, 0.29) is 0 Å². The largest absolute Gasteiger partial charge is 0.320 e. The second-order valence-corrected chi connectivity index (χ2v) is 5.42. The van der Waals surface area contributed by atoms with E-state index in [1.807, 2.05) is 14.1 Å². The molecule has 4 nitrogen and oxygen atoms in total. The molecule has 0 heterocycles. The van der Waals surface area contributed by atoms with Crippen molar-refractivity contribution in [1.29, 1.82) is 0 Å². The summed E-state index contributed by atoms with van der Waals surface area (Å²) in [4.78, 5) is 0. The molecular weight excluding hydrogens is 224 g/mol. The van der Waals surface area contributed by atoms with Crippen LogP contribution in [0.3, 0.4) is 0 Å². The normalized spacial score (nSPS) is 23.0. The molecule has 1 aliphatic rings. The van der Waals surface area contributed by atoms with Gasteiger partial charge in [0.2, 0.25) is 0 Å². The monoisotopic (exact) mass is 256 g/mol. The van der Waals surface area contributed by atoms with Crippen molar-refractivity contribution in [3.05, 3.63) is 0 Å². The van der Waals surface area contributed by atoms with Crippen LogP contribution in [-0.2, 0) is 0 Å². The summed E-state index contributed by atoms with van der Waals surface area (Å²) in [5.41, 5.74) is 0. The van der Waals surface area contributed by atoms with E-state index in [9.17, 15) is 0 Å². The molecule has 0 saturated heterocycles. The van der Waals surface area contributed by atoms with Crippen molar-refractivity contribution in [2.75, 3.05) is 53.4 Å². The van der Waals surface area contributed by atoms with Crippen molar-refractivity contribution < 1.29 is 0 Å². The molecule has 1 aliphatic carbocycles. The van der Waals surface area contributed by atoms with Crippen LogP contribution in [0.5, 0.6) is 0 Å². The Hall–Kier alpha value is -0.160. The van der Waals surface area contributed by atoms with E-state index in [4.69, 9.17) is 0 Å². The third kappa shape index (κ3) is 6.69. The van der Waals surface area contributed by atoms with E-state index in [1.165, 1.54) is 38.8 Å². The molecule has 4 N–H and O–H groups in total. The molecule has 108 valence electrons. The number of nitrogens with one attached hydrogen (secondary N) is 4. The summed E-state index contributed by atoms with van der Waals surface area (Å²) in [6.45, 7) is 6.97. The summed E-state index contributed by atoms with van der Waals surface area (Å²) in [7, 11) is 4.03. The zero-order valence-corrected chi connectivity index (χ0v) is 12.2. The highest BCUT2D eigenvalue weighted by atomic mass is 14.9. The topological polar surface area (TPSA) is 48.1 Å². The third-order valence-electron chi connectivity index (χ3n) is 3.95. The molecule has 0 amide bonds. The molecule has 0 bridgehead atoms. The Kier molecular flexibility index (Phi) is 9.48. The molecule has 0 aliphatic heterocycles. The minimum absolute atomic E-state index is 0.913. The van der Waals surface area contributed by atoms with Gasteiger partial charge in [0.1, 0.15) is 0 Å². The SMILES string of the molecule is CNCCCNCC1CC[C@@H]1CNCCCNC. The molecule has 0 aromatic heterocycles. The standard InChI is InChI=1S/C14H32N4/c1-15-7-3-9-17-11-13-5-6-14(13)12-18-10-4-8-16-2/h13-18H,3-12H2,1-2H3/t13-,14?/m1/s1. The maximum absolute atomic E-state index is 3.59. The van der Waals surface area contributed by atoms with Gasteiger partial charge in [0, 0.05) is 0 Å². The highest BCUT2D eigenvalue weighted by molar-refractivity contribution is 4.83. The lowest BCUT2D eigenvalue weighted by molar-refractivity contribution is 0.167. The van der Waals surface area contributed by atoms with Crippen molar-refractivity contribution in [1.82, 2.24) is 21.3 Å². The Balaban J connectivity index is 1.89. The summed E-state index contributed by atoms with van der Waals surface area (Å²) < 4.78 is 0. The fourth-order valence-corrected chi connectivity index (χ4v) is 2.53. The summed E-state index contributed by atoms with van der Waals surface area (Å²) in [6, 6.07) is 0. The van der Waals surface area contributed by atoms with E-state index < -0.39 is 0 Å². The van der Waals surface area contributed by atoms with Crippen LogP contribution in [0.15, 0.2) is 0 Å². The van der Waals surface area contributed by atoms with Gasteiger partial charge in [0.25, 0.3) is 0 Å². The molecule has 0 radical (unpaired) electrons. The van der Waals surface area contributed by atoms with Crippen LogP contribution in [0.1, 0.15) is 25.7 Å². The van der Waals surface area contributed by atoms with Gasteiger partial charge in [0.15, 0.2) is 0 Å². The highest BCUT2D eigenvalue weighted by Crippen LogP contribution is 2.32. The molecule has 0 aromatic carbocycles. The van der Waals surface area contributed by atoms with E-state index in [0.29, 0.717) is 0 Å². The van der Waals surface area contributed by atoms with Crippen molar-refractivity contribution >= 4 is 0 Å². The fourth-order valence-electron chi connectivity index (χ4n) is 2.53. The summed E-state index contributed by atoms with van der Waals surface area (Å²) in [6.07, 6.45) is 5.30. The van der Waals surface area contributed by atoms with Gasteiger partial charge < -0.3 is 21.3 Å². The van der Waals surface area contributed by atoms with Gasteiger partial charge in [-0.3, -0.25) is 0 Å². The zero-order chi connectivity index (χ0) is 13.1. The molecule has 0 spiro atoms. The van der Waals surface area contributed by atoms with Gasteiger partial charge in [-0.25, -0.2) is 0 Å². The first-order valence-corrected chi connectivity index (χ1v) is 7.59. The van der Waals surface area contributed by atoms with E-state index in [0.717, 1.165) is 38.0 Å². The fraction of sp³-hybridized carbons (Fsp3) is 1.00. The van der Waals surface area contributed by atoms with Gasteiger partial charge in [0.05, 0.1) is 0 Å². The molecule has 4 heteroatoms. The lowest BCUT2D eigenvalue weighted by Gasteiger charge is -2.37. The summed E-state index contributed by atoms with van der Waals surface area (Å²) >= 11 is 0. The summed E-state index contributed by atoms with van der Waals surface area (Å²) in [5, 5.41) is 13.5. The second kappa shape index (κ2) is 10.7. The quantitative estimate of drug-likeness (QED) is 0.382. The van der Waals surface area contributed by atoms with Gasteiger partial charge >= 0.3 is 0 Å². The Labute approximate surface area is 113 Å². The number of hydrogen-bond donors (Lipinski definition) is 4. The minimum atomic E-state index is 0.913. The molecule has 2 atom stereocenters. The van der Waals surface area contributed by atoms with Crippen molar-refractivity contribution in [2.24, 2.45) is 11.8 Å². The van der Waals surface area contributed by atoms with Gasteiger partial charge in [-0.05, 0) is 90.9 Å². The molecule has 0 aromatic rings. The molecule has 1 unspecified atom stereocenters. The maximum Gasteiger partial charge on any atom is -0.00174 e. The number of hydrogen-bond acceptors (Lipinski definition) is 4. The Morgan fingerprint density at radius 1 is 0.722 bits per heavy atom. The third-order valence-corrected chi connectivity index (χ3v) is 3.95. The van der Waals surface area contributed by atoms with Crippen molar-refractivity contribution in [3.8, 4) is 0 Å². The van der Waals surface area contributed by atoms with Crippen molar-refractivity contribution in [2.45, 2.75) is 25.7 Å². The molecule has 1 rings (SSSR count). The lowest BCUT2D eigenvalue weighted by Crippen LogP contribution is -2.41. The second-order valence-electron chi connectivity index (χ2n) is 5.42. The number of rotatable bonds is 12. The van der Waals surface area contributed by atoms with Crippen LogP contribution in [0.25, 0.3) is 0 Å². The van der Waals surface area contributed by atoms with E-state index in [2.05, 4.69) is 21.3 Å². The molecule has 1 fully saturated rings. The van der Waals surface area contributed by atoms with E-state index >= 15 is 0 Å².